The van der Waals surface area contributed by atoms with Gasteiger partial charge in [0.05, 0.1) is 0 Å². The second-order valence-corrected chi connectivity index (χ2v) is 11.7. The molecule has 0 amide bonds. The molecule has 0 aromatic rings. The van der Waals surface area contributed by atoms with Crippen molar-refractivity contribution in [3.05, 3.63) is 0 Å². The Bertz CT molecular complexity index is 309. The van der Waals surface area contributed by atoms with Crippen LogP contribution in [0.5, 0.6) is 0 Å². The van der Waals surface area contributed by atoms with Gasteiger partial charge < -0.3 is 0 Å². The molecule has 0 aliphatic rings. The van der Waals surface area contributed by atoms with Gasteiger partial charge >= 0.3 is 0 Å². The van der Waals surface area contributed by atoms with Crippen molar-refractivity contribution in [1.29, 1.82) is 0 Å². The van der Waals surface area contributed by atoms with Crippen LogP contribution in [-0.4, -0.2) is 0 Å². The topological polar surface area (TPSA) is 0 Å². The third-order valence-corrected chi connectivity index (χ3v) is 8.15. The van der Waals surface area contributed by atoms with E-state index in [-0.39, 0.29) is 0 Å². The van der Waals surface area contributed by atoms with Gasteiger partial charge in [0.2, 0.25) is 0 Å². The Morgan fingerprint density at radius 3 is 0.618 bits per heavy atom. The average Bonchev–Trinajstić information content (AvgIpc) is 2.85. The van der Waals surface area contributed by atoms with E-state index in [2.05, 4.69) is 20.8 Å². The molecule has 0 aliphatic carbocycles. The summed E-state index contributed by atoms with van der Waals surface area (Å²) in [4.78, 5) is 0. The minimum absolute atomic E-state index is 1.04. The molecule has 0 saturated carbocycles. The van der Waals surface area contributed by atoms with Crippen molar-refractivity contribution in [3.63, 3.8) is 0 Å². The summed E-state index contributed by atoms with van der Waals surface area (Å²) in [5, 5.41) is 0. The standard InChI is InChI=1S/C34H70/c1-4-7-10-13-16-18-20-23-26-29-32-34(31-28-25-22-15-12-9-6-3)33-30-27-24-21-19-17-14-11-8-5-2/h34H,4-33H2,1-3H3. The monoisotopic (exact) mass is 479 g/mol. The summed E-state index contributed by atoms with van der Waals surface area (Å²) in [6.45, 7) is 6.96. The van der Waals surface area contributed by atoms with Crippen LogP contribution in [0.1, 0.15) is 213 Å². The van der Waals surface area contributed by atoms with Crippen molar-refractivity contribution in [2.75, 3.05) is 0 Å². The number of unbranched alkanes of at least 4 members (excludes halogenated alkanes) is 24. The first kappa shape index (κ1) is 34.0. The van der Waals surface area contributed by atoms with Crippen molar-refractivity contribution >= 4 is 0 Å². The zero-order valence-corrected chi connectivity index (χ0v) is 24.8. The normalized spacial score (nSPS) is 11.6. The molecule has 0 fully saturated rings. The lowest BCUT2D eigenvalue weighted by Gasteiger charge is -2.17. The minimum Gasteiger partial charge on any atom is -0.0654 e. The molecule has 0 radical (unpaired) electrons. The van der Waals surface area contributed by atoms with E-state index in [1.807, 2.05) is 0 Å². The Labute approximate surface area is 219 Å². The molecule has 0 saturated heterocycles. The van der Waals surface area contributed by atoms with E-state index in [1.54, 1.807) is 0 Å². The van der Waals surface area contributed by atoms with Crippen molar-refractivity contribution in [2.24, 2.45) is 5.92 Å². The number of rotatable bonds is 30. The highest BCUT2D eigenvalue weighted by Crippen LogP contribution is 2.25. The minimum atomic E-state index is 1.04. The zero-order valence-electron chi connectivity index (χ0n) is 24.8. The fourth-order valence-electron chi connectivity index (χ4n) is 5.66. The maximum absolute atomic E-state index is 2.33. The van der Waals surface area contributed by atoms with Crippen LogP contribution in [0.2, 0.25) is 0 Å². The van der Waals surface area contributed by atoms with Crippen molar-refractivity contribution in [2.45, 2.75) is 213 Å². The third-order valence-electron chi connectivity index (χ3n) is 8.15. The van der Waals surface area contributed by atoms with Crippen LogP contribution in [0.25, 0.3) is 0 Å². The van der Waals surface area contributed by atoms with Gasteiger partial charge in [-0.3, -0.25) is 0 Å². The van der Waals surface area contributed by atoms with Crippen LogP contribution in [0.3, 0.4) is 0 Å². The predicted molar refractivity (Wildman–Crippen MR) is 159 cm³/mol. The maximum Gasteiger partial charge on any atom is -0.0414 e. The second-order valence-electron chi connectivity index (χ2n) is 11.7. The molecule has 0 aromatic carbocycles. The van der Waals surface area contributed by atoms with Crippen LogP contribution in [0.15, 0.2) is 0 Å². The first-order chi connectivity index (χ1) is 16.8. The first-order valence-corrected chi connectivity index (χ1v) is 16.8. The number of hydrogen-bond acceptors (Lipinski definition) is 0. The van der Waals surface area contributed by atoms with E-state index < -0.39 is 0 Å². The Kier molecular flexibility index (Phi) is 31.0. The quantitative estimate of drug-likeness (QED) is 0.0900. The summed E-state index contributed by atoms with van der Waals surface area (Å²) in [7, 11) is 0. The zero-order chi connectivity index (χ0) is 24.8. The molecule has 0 N–H and O–H groups in total. The Morgan fingerprint density at radius 1 is 0.235 bits per heavy atom. The van der Waals surface area contributed by atoms with Crippen LogP contribution in [0.4, 0.5) is 0 Å². The summed E-state index contributed by atoms with van der Waals surface area (Å²) in [6, 6.07) is 0. The Hall–Kier alpha value is 0. The second kappa shape index (κ2) is 31.0. The summed E-state index contributed by atoms with van der Waals surface area (Å²) in [6.07, 6.45) is 44.3. The summed E-state index contributed by atoms with van der Waals surface area (Å²) in [5.41, 5.74) is 0. The Morgan fingerprint density at radius 2 is 0.412 bits per heavy atom. The van der Waals surface area contributed by atoms with Crippen LogP contribution >= 0.6 is 0 Å². The van der Waals surface area contributed by atoms with Gasteiger partial charge in [0.15, 0.2) is 0 Å². The first-order valence-electron chi connectivity index (χ1n) is 16.8. The molecule has 0 heteroatoms. The van der Waals surface area contributed by atoms with Crippen LogP contribution in [-0.2, 0) is 0 Å². The summed E-state index contributed by atoms with van der Waals surface area (Å²) < 4.78 is 0. The fraction of sp³-hybridized carbons (Fsp3) is 1.00. The molecule has 0 nitrogen and oxygen atoms in total. The average molecular weight is 479 g/mol. The highest BCUT2D eigenvalue weighted by Gasteiger charge is 2.09. The maximum atomic E-state index is 2.33. The predicted octanol–water partition coefficient (Wildman–Crippen LogP) is 13.4. The van der Waals surface area contributed by atoms with E-state index in [0.717, 1.165) is 5.92 Å². The van der Waals surface area contributed by atoms with Crippen LogP contribution in [0, 0.1) is 5.92 Å². The molecule has 0 atom stereocenters. The smallest absolute Gasteiger partial charge is 0.0414 e. The lowest BCUT2D eigenvalue weighted by atomic mass is 9.89. The van der Waals surface area contributed by atoms with Gasteiger partial charge in [-0.2, -0.15) is 0 Å². The lowest BCUT2D eigenvalue weighted by molar-refractivity contribution is 0.365. The van der Waals surface area contributed by atoms with E-state index in [0.29, 0.717) is 0 Å². The van der Waals surface area contributed by atoms with Gasteiger partial charge in [0.1, 0.15) is 0 Å². The van der Waals surface area contributed by atoms with Crippen molar-refractivity contribution in [1.82, 2.24) is 0 Å². The van der Waals surface area contributed by atoms with Gasteiger partial charge in [-0.1, -0.05) is 213 Å². The molecule has 0 aromatic heterocycles. The highest BCUT2D eigenvalue weighted by atomic mass is 14.1. The summed E-state index contributed by atoms with van der Waals surface area (Å²) in [5.74, 6) is 1.04. The van der Waals surface area contributed by atoms with Gasteiger partial charge in [-0.15, -0.1) is 0 Å². The van der Waals surface area contributed by atoms with Gasteiger partial charge in [0, 0.05) is 0 Å². The molecule has 0 aliphatic heterocycles. The van der Waals surface area contributed by atoms with Gasteiger partial charge in [0.25, 0.3) is 0 Å². The number of hydrogen-bond donors (Lipinski definition) is 0. The van der Waals surface area contributed by atoms with E-state index in [4.69, 9.17) is 0 Å². The van der Waals surface area contributed by atoms with E-state index >= 15 is 0 Å². The van der Waals surface area contributed by atoms with E-state index in [9.17, 15) is 0 Å². The SMILES string of the molecule is CCCCCCCCCCCCC(CCCCCCCCC)CCCCCCCCCCCC. The third kappa shape index (κ3) is 28.2. The highest BCUT2D eigenvalue weighted by molar-refractivity contribution is 4.62. The molecule has 0 unspecified atom stereocenters. The van der Waals surface area contributed by atoms with E-state index in [1.165, 1.54) is 193 Å². The van der Waals surface area contributed by atoms with Crippen molar-refractivity contribution in [3.8, 4) is 0 Å². The molecule has 0 spiro atoms. The Balaban J connectivity index is 3.82. The molecule has 0 rings (SSSR count). The molecule has 0 heterocycles. The molecular weight excluding hydrogens is 408 g/mol. The van der Waals surface area contributed by atoms with Crippen molar-refractivity contribution < 1.29 is 0 Å². The van der Waals surface area contributed by atoms with Crippen LogP contribution < -0.4 is 0 Å². The largest absolute Gasteiger partial charge is 0.0654 e. The molecule has 34 heavy (non-hydrogen) atoms. The molecular formula is C34H70. The molecule has 0 bridgehead atoms. The molecule has 206 valence electrons. The van der Waals surface area contributed by atoms with Gasteiger partial charge in [-0.25, -0.2) is 0 Å². The fourth-order valence-corrected chi connectivity index (χ4v) is 5.66. The lowest BCUT2D eigenvalue weighted by Crippen LogP contribution is -2.01. The summed E-state index contributed by atoms with van der Waals surface area (Å²) >= 11 is 0. The van der Waals surface area contributed by atoms with Gasteiger partial charge in [-0.05, 0) is 5.92 Å².